The SMILES string of the molecule is COc1ccc2nc(C3=C(O)CN(c4ccc(C)c(C)c4)C3=N)[nH]c2c1. The topological polar surface area (TPSA) is 85.2 Å². The molecule has 0 unspecified atom stereocenters. The lowest BCUT2D eigenvalue weighted by molar-refractivity contribution is 0.411. The molecule has 0 amide bonds. The number of methoxy groups -OCH3 is 1. The monoisotopic (exact) mass is 348 g/mol. The molecule has 4 rings (SSSR count). The van der Waals surface area contributed by atoms with Gasteiger partial charge in [-0.15, -0.1) is 0 Å². The largest absolute Gasteiger partial charge is 0.509 e. The minimum Gasteiger partial charge on any atom is -0.509 e. The van der Waals surface area contributed by atoms with Crippen LogP contribution in [0.1, 0.15) is 17.0 Å². The van der Waals surface area contributed by atoms with Crippen LogP contribution in [0.15, 0.2) is 42.2 Å². The predicted molar refractivity (Wildman–Crippen MR) is 103 cm³/mol. The van der Waals surface area contributed by atoms with Crippen LogP contribution in [0.25, 0.3) is 16.6 Å². The van der Waals surface area contributed by atoms with Crippen molar-refractivity contribution in [3.05, 3.63) is 59.1 Å². The van der Waals surface area contributed by atoms with E-state index >= 15 is 0 Å². The summed E-state index contributed by atoms with van der Waals surface area (Å²) in [6.45, 7) is 4.36. The second-order valence-electron chi connectivity index (χ2n) is 6.49. The predicted octanol–water partition coefficient (Wildman–Crippen LogP) is 3.95. The molecule has 1 aromatic heterocycles. The van der Waals surface area contributed by atoms with Crippen molar-refractivity contribution in [2.75, 3.05) is 18.6 Å². The number of nitrogens with zero attached hydrogens (tertiary/aromatic N) is 2. The van der Waals surface area contributed by atoms with Gasteiger partial charge in [-0.3, -0.25) is 5.41 Å². The van der Waals surface area contributed by atoms with Gasteiger partial charge < -0.3 is 19.7 Å². The Hall–Kier alpha value is -3.28. The van der Waals surface area contributed by atoms with E-state index in [-0.39, 0.29) is 18.1 Å². The number of aromatic amines is 1. The zero-order valence-electron chi connectivity index (χ0n) is 14.9. The van der Waals surface area contributed by atoms with Crippen molar-refractivity contribution < 1.29 is 9.84 Å². The number of benzene rings is 2. The lowest BCUT2D eigenvalue weighted by Crippen LogP contribution is -2.26. The zero-order valence-corrected chi connectivity index (χ0v) is 14.9. The highest BCUT2D eigenvalue weighted by atomic mass is 16.5. The van der Waals surface area contributed by atoms with Gasteiger partial charge in [0, 0.05) is 11.8 Å². The number of imidazole rings is 1. The molecule has 1 aliphatic rings. The van der Waals surface area contributed by atoms with E-state index in [4.69, 9.17) is 10.1 Å². The smallest absolute Gasteiger partial charge is 0.145 e. The Morgan fingerprint density at radius 1 is 1.15 bits per heavy atom. The molecule has 26 heavy (non-hydrogen) atoms. The normalized spacial score (nSPS) is 14.6. The Kier molecular flexibility index (Phi) is 3.68. The molecule has 132 valence electrons. The van der Waals surface area contributed by atoms with Crippen molar-refractivity contribution in [1.29, 1.82) is 5.41 Å². The van der Waals surface area contributed by atoms with E-state index in [0.717, 1.165) is 28.0 Å². The maximum Gasteiger partial charge on any atom is 0.145 e. The minimum absolute atomic E-state index is 0.138. The van der Waals surface area contributed by atoms with Gasteiger partial charge in [-0.1, -0.05) is 6.07 Å². The van der Waals surface area contributed by atoms with Gasteiger partial charge in [-0.25, -0.2) is 4.98 Å². The second-order valence-corrected chi connectivity index (χ2v) is 6.49. The van der Waals surface area contributed by atoms with Crippen molar-refractivity contribution in [2.24, 2.45) is 0 Å². The van der Waals surface area contributed by atoms with Gasteiger partial charge in [-0.2, -0.15) is 0 Å². The van der Waals surface area contributed by atoms with Crippen molar-refractivity contribution in [3.8, 4) is 5.75 Å². The van der Waals surface area contributed by atoms with E-state index in [1.54, 1.807) is 12.0 Å². The highest BCUT2D eigenvalue weighted by Crippen LogP contribution is 2.32. The van der Waals surface area contributed by atoms with E-state index in [0.29, 0.717) is 11.4 Å². The molecule has 0 atom stereocenters. The number of aliphatic hydroxyl groups is 1. The van der Waals surface area contributed by atoms with Gasteiger partial charge in [-0.05, 0) is 49.2 Å². The Balaban J connectivity index is 1.71. The molecule has 0 fully saturated rings. The number of ether oxygens (including phenoxy) is 1. The van der Waals surface area contributed by atoms with Crippen LogP contribution in [0.5, 0.6) is 5.75 Å². The summed E-state index contributed by atoms with van der Waals surface area (Å²) in [7, 11) is 1.61. The summed E-state index contributed by atoms with van der Waals surface area (Å²) in [6, 6.07) is 11.6. The van der Waals surface area contributed by atoms with Crippen LogP contribution in [0.3, 0.4) is 0 Å². The molecule has 3 aromatic rings. The van der Waals surface area contributed by atoms with Gasteiger partial charge in [0.15, 0.2) is 0 Å². The van der Waals surface area contributed by atoms with Crippen LogP contribution in [-0.2, 0) is 0 Å². The molecule has 2 aromatic carbocycles. The Morgan fingerprint density at radius 2 is 1.96 bits per heavy atom. The summed E-state index contributed by atoms with van der Waals surface area (Å²) in [5, 5.41) is 19.1. The first kappa shape index (κ1) is 16.2. The number of aliphatic hydroxyl groups excluding tert-OH is 1. The molecule has 0 bridgehead atoms. The fourth-order valence-electron chi connectivity index (χ4n) is 3.18. The Labute approximate surface area is 151 Å². The highest BCUT2D eigenvalue weighted by Gasteiger charge is 2.31. The molecular formula is C20H20N4O2. The maximum atomic E-state index is 10.5. The lowest BCUT2D eigenvalue weighted by atomic mass is 10.1. The van der Waals surface area contributed by atoms with Crippen molar-refractivity contribution >= 4 is 28.1 Å². The number of hydrogen-bond acceptors (Lipinski definition) is 4. The van der Waals surface area contributed by atoms with Crippen LogP contribution < -0.4 is 9.64 Å². The quantitative estimate of drug-likeness (QED) is 0.669. The number of aromatic nitrogens is 2. The Morgan fingerprint density at radius 3 is 2.69 bits per heavy atom. The van der Waals surface area contributed by atoms with Crippen LogP contribution in [0.2, 0.25) is 0 Å². The molecule has 0 saturated carbocycles. The number of nitrogens with one attached hydrogen (secondary N) is 2. The number of amidine groups is 1. The fourth-order valence-corrected chi connectivity index (χ4v) is 3.18. The van der Waals surface area contributed by atoms with Crippen LogP contribution in [0, 0.1) is 19.3 Å². The summed E-state index contributed by atoms with van der Waals surface area (Å²) >= 11 is 0. The highest BCUT2D eigenvalue weighted by molar-refractivity contribution is 6.30. The first-order valence-corrected chi connectivity index (χ1v) is 8.38. The van der Waals surface area contributed by atoms with Crippen LogP contribution >= 0.6 is 0 Å². The van der Waals surface area contributed by atoms with E-state index in [1.165, 1.54) is 5.56 Å². The summed E-state index contributed by atoms with van der Waals surface area (Å²) in [5.74, 6) is 1.59. The number of aryl methyl sites for hydroxylation is 2. The number of anilines is 1. The van der Waals surface area contributed by atoms with Crippen LogP contribution in [-0.4, -0.2) is 34.6 Å². The fraction of sp³-hybridized carbons (Fsp3) is 0.200. The van der Waals surface area contributed by atoms with E-state index in [9.17, 15) is 5.11 Å². The van der Waals surface area contributed by atoms with Gasteiger partial charge in [0.1, 0.15) is 23.2 Å². The van der Waals surface area contributed by atoms with E-state index in [2.05, 4.69) is 16.9 Å². The molecule has 3 N–H and O–H groups in total. The average molecular weight is 348 g/mol. The van der Waals surface area contributed by atoms with Crippen LogP contribution in [0.4, 0.5) is 5.69 Å². The summed E-state index contributed by atoms with van der Waals surface area (Å²) < 4.78 is 5.24. The van der Waals surface area contributed by atoms with Gasteiger partial charge in [0.05, 0.1) is 30.3 Å². The molecule has 6 heteroatoms. The Bertz CT molecular complexity index is 1060. The molecule has 0 saturated heterocycles. The van der Waals surface area contributed by atoms with Crippen molar-refractivity contribution in [2.45, 2.75) is 13.8 Å². The second kappa shape index (κ2) is 5.91. The number of rotatable bonds is 3. The number of hydrogen-bond donors (Lipinski definition) is 3. The first-order valence-electron chi connectivity index (χ1n) is 8.38. The molecule has 2 heterocycles. The number of H-pyrrole nitrogens is 1. The van der Waals surface area contributed by atoms with E-state index < -0.39 is 0 Å². The maximum absolute atomic E-state index is 10.5. The third kappa shape index (κ3) is 2.50. The third-order valence-electron chi connectivity index (χ3n) is 4.83. The minimum atomic E-state index is 0.138. The summed E-state index contributed by atoms with van der Waals surface area (Å²) in [6.07, 6.45) is 0. The van der Waals surface area contributed by atoms with E-state index in [1.807, 2.05) is 43.3 Å². The third-order valence-corrected chi connectivity index (χ3v) is 4.83. The molecule has 0 spiro atoms. The van der Waals surface area contributed by atoms with Gasteiger partial charge in [0.25, 0.3) is 0 Å². The molecular weight excluding hydrogens is 328 g/mol. The zero-order chi connectivity index (χ0) is 18.4. The first-order chi connectivity index (χ1) is 12.5. The molecule has 0 aliphatic carbocycles. The molecule has 1 aliphatic heterocycles. The van der Waals surface area contributed by atoms with Gasteiger partial charge in [0.2, 0.25) is 0 Å². The average Bonchev–Trinajstić information content (AvgIpc) is 3.16. The molecule has 6 nitrogen and oxygen atoms in total. The summed E-state index contributed by atoms with van der Waals surface area (Å²) in [4.78, 5) is 9.51. The van der Waals surface area contributed by atoms with Gasteiger partial charge >= 0.3 is 0 Å². The van der Waals surface area contributed by atoms with Crippen molar-refractivity contribution in [1.82, 2.24) is 9.97 Å². The molecule has 0 radical (unpaired) electrons. The summed E-state index contributed by atoms with van der Waals surface area (Å²) in [5.41, 5.74) is 5.23. The lowest BCUT2D eigenvalue weighted by Gasteiger charge is -2.19. The standard InChI is InChI=1S/C20H20N4O2/c1-11-4-5-13(8-12(11)2)24-10-17(25)18(19(24)21)20-22-15-7-6-14(26-3)9-16(15)23-20/h4-9,21,25H,10H2,1-3H3,(H,22,23). The number of fused-ring (bicyclic) bond motifs is 1. The van der Waals surface area contributed by atoms with Crippen molar-refractivity contribution in [3.63, 3.8) is 0 Å².